The van der Waals surface area contributed by atoms with E-state index in [-0.39, 0.29) is 0 Å². The van der Waals surface area contributed by atoms with Gasteiger partial charge in [-0.1, -0.05) is 39.0 Å². The van der Waals surface area contributed by atoms with Crippen molar-refractivity contribution in [1.82, 2.24) is 9.78 Å². The fourth-order valence-electron chi connectivity index (χ4n) is 3.30. The first-order valence-electron chi connectivity index (χ1n) is 8.41. The van der Waals surface area contributed by atoms with E-state index in [9.17, 15) is 4.79 Å². The van der Waals surface area contributed by atoms with E-state index in [2.05, 4.69) is 34.9 Å². The molecule has 0 N–H and O–H groups in total. The standard InChI is InChI=1S/C17H27BrN2O/c1-3-15-17(18)16(20(4-2)19-15)12-14(21)11-10-13-8-6-5-7-9-13/h13H,3-12H2,1-2H3. The van der Waals surface area contributed by atoms with Crippen molar-refractivity contribution in [2.45, 2.75) is 78.2 Å². The number of ketones is 1. The number of nitrogens with zero attached hydrogens (tertiary/aromatic N) is 2. The van der Waals surface area contributed by atoms with Crippen LogP contribution in [0.5, 0.6) is 0 Å². The highest BCUT2D eigenvalue weighted by atomic mass is 79.9. The van der Waals surface area contributed by atoms with Crippen molar-refractivity contribution in [2.24, 2.45) is 5.92 Å². The van der Waals surface area contributed by atoms with Gasteiger partial charge < -0.3 is 0 Å². The van der Waals surface area contributed by atoms with Crippen LogP contribution in [0, 0.1) is 5.92 Å². The van der Waals surface area contributed by atoms with E-state index >= 15 is 0 Å². The second-order valence-electron chi connectivity index (χ2n) is 6.13. The molecule has 1 fully saturated rings. The number of halogens is 1. The lowest BCUT2D eigenvalue weighted by Gasteiger charge is -2.20. The summed E-state index contributed by atoms with van der Waals surface area (Å²) in [7, 11) is 0. The SMILES string of the molecule is CCc1nn(CC)c(CC(=O)CCC2CCCCC2)c1Br. The Kier molecular flexibility index (Phi) is 6.46. The van der Waals surface area contributed by atoms with E-state index in [0.717, 1.165) is 47.6 Å². The number of hydrogen-bond acceptors (Lipinski definition) is 2. The maximum atomic E-state index is 12.3. The summed E-state index contributed by atoms with van der Waals surface area (Å²) in [6.45, 7) is 5.00. The van der Waals surface area contributed by atoms with Crippen molar-refractivity contribution < 1.29 is 4.79 Å². The van der Waals surface area contributed by atoms with E-state index in [1.807, 2.05) is 4.68 Å². The molecular formula is C17H27BrN2O. The molecule has 1 heterocycles. The fourth-order valence-corrected chi connectivity index (χ4v) is 4.01. The third kappa shape index (κ3) is 4.41. The molecule has 4 heteroatoms. The molecule has 0 aliphatic heterocycles. The summed E-state index contributed by atoms with van der Waals surface area (Å²) in [5, 5.41) is 4.57. The Balaban J connectivity index is 1.91. The molecule has 2 rings (SSSR count). The van der Waals surface area contributed by atoms with Gasteiger partial charge in [0.15, 0.2) is 0 Å². The molecule has 1 aromatic heterocycles. The van der Waals surface area contributed by atoms with E-state index in [1.54, 1.807) is 0 Å². The number of Topliss-reactive ketones (excluding diaryl/α,β-unsaturated/α-hetero) is 1. The molecule has 0 unspecified atom stereocenters. The van der Waals surface area contributed by atoms with Crippen molar-refractivity contribution in [3.8, 4) is 0 Å². The van der Waals surface area contributed by atoms with E-state index in [4.69, 9.17) is 0 Å². The summed E-state index contributed by atoms with van der Waals surface area (Å²) >= 11 is 3.62. The monoisotopic (exact) mass is 354 g/mol. The van der Waals surface area contributed by atoms with Crippen molar-refractivity contribution in [1.29, 1.82) is 0 Å². The second kappa shape index (κ2) is 8.11. The van der Waals surface area contributed by atoms with Crippen LogP contribution in [-0.2, 0) is 24.2 Å². The molecule has 0 bridgehead atoms. The number of carbonyl (C=O) groups is 1. The summed E-state index contributed by atoms with van der Waals surface area (Å²) in [5.41, 5.74) is 2.12. The van der Waals surface area contributed by atoms with Crippen LogP contribution < -0.4 is 0 Å². The minimum Gasteiger partial charge on any atom is -0.299 e. The van der Waals surface area contributed by atoms with Crippen LogP contribution in [0.15, 0.2) is 4.47 Å². The molecule has 0 saturated heterocycles. The Morgan fingerprint density at radius 2 is 2.00 bits per heavy atom. The number of carbonyl (C=O) groups excluding carboxylic acids is 1. The summed E-state index contributed by atoms with van der Waals surface area (Å²) in [4.78, 5) is 12.3. The molecule has 118 valence electrons. The third-order valence-corrected chi connectivity index (χ3v) is 5.53. The average molecular weight is 355 g/mol. The zero-order valence-electron chi connectivity index (χ0n) is 13.3. The van der Waals surface area contributed by atoms with Crippen molar-refractivity contribution >= 4 is 21.7 Å². The molecule has 1 aliphatic carbocycles. The number of rotatable bonds is 7. The number of aryl methyl sites for hydroxylation is 2. The van der Waals surface area contributed by atoms with Gasteiger partial charge in [0.2, 0.25) is 0 Å². The Hall–Kier alpha value is -0.640. The fraction of sp³-hybridized carbons (Fsp3) is 0.765. The van der Waals surface area contributed by atoms with Gasteiger partial charge in [0, 0.05) is 19.4 Å². The predicted octanol–water partition coefficient (Wildman–Crippen LogP) is 4.70. The van der Waals surface area contributed by atoms with Gasteiger partial charge in [0.25, 0.3) is 0 Å². The Morgan fingerprint density at radius 1 is 1.29 bits per heavy atom. The van der Waals surface area contributed by atoms with Crippen LogP contribution in [0.3, 0.4) is 0 Å². The molecule has 1 aliphatic rings. The molecule has 1 saturated carbocycles. The van der Waals surface area contributed by atoms with Gasteiger partial charge in [-0.25, -0.2) is 0 Å². The number of hydrogen-bond donors (Lipinski definition) is 0. The summed E-state index contributed by atoms with van der Waals surface area (Å²) in [6, 6.07) is 0. The molecule has 21 heavy (non-hydrogen) atoms. The molecule has 3 nitrogen and oxygen atoms in total. The van der Waals surface area contributed by atoms with Gasteiger partial charge in [-0.15, -0.1) is 0 Å². The summed E-state index contributed by atoms with van der Waals surface area (Å²) in [5.74, 6) is 1.15. The number of aromatic nitrogens is 2. The summed E-state index contributed by atoms with van der Waals surface area (Å²) < 4.78 is 3.01. The smallest absolute Gasteiger partial charge is 0.138 e. The highest BCUT2D eigenvalue weighted by Gasteiger charge is 2.19. The van der Waals surface area contributed by atoms with E-state index < -0.39 is 0 Å². The zero-order valence-corrected chi connectivity index (χ0v) is 14.9. The lowest BCUT2D eigenvalue weighted by atomic mass is 9.85. The highest BCUT2D eigenvalue weighted by Crippen LogP contribution is 2.28. The maximum absolute atomic E-state index is 12.3. The molecular weight excluding hydrogens is 328 g/mol. The topological polar surface area (TPSA) is 34.9 Å². The predicted molar refractivity (Wildman–Crippen MR) is 89.5 cm³/mol. The third-order valence-electron chi connectivity index (χ3n) is 4.61. The van der Waals surface area contributed by atoms with Crippen LogP contribution in [0.4, 0.5) is 0 Å². The van der Waals surface area contributed by atoms with Gasteiger partial charge in [-0.05, 0) is 41.6 Å². The molecule has 0 spiro atoms. The lowest BCUT2D eigenvalue weighted by Crippen LogP contribution is -2.13. The van der Waals surface area contributed by atoms with Crippen LogP contribution in [0.1, 0.15) is 70.2 Å². The summed E-state index contributed by atoms with van der Waals surface area (Å²) in [6.07, 6.45) is 9.97. The van der Waals surface area contributed by atoms with Crippen LogP contribution in [0.2, 0.25) is 0 Å². The molecule has 1 aromatic rings. The van der Waals surface area contributed by atoms with Crippen LogP contribution >= 0.6 is 15.9 Å². The highest BCUT2D eigenvalue weighted by molar-refractivity contribution is 9.10. The quantitative estimate of drug-likeness (QED) is 0.711. The van der Waals surface area contributed by atoms with Gasteiger partial charge in [0.1, 0.15) is 5.78 Å². The Bertz CT molecular complexity index is 475. The van der Waals surface area contributed by atoms with Gasteiger partial charge in [-0.3, -0.25) is 9.48 Å². The van der Waals surface area contributed by atoms with Gasteiger partial charge in [-0.2, -0.15) is 5.10 Å². The minimum atomic E-state index is 0.360. The second-order valence-corrected chi connectivity index (χ2v) is 6.93. The lowest BCUT2D eigenvalue weighted by molar-refractivity contribution is -0.118. The normalized spacial score (nSPS) is 16.3. The molecule has 0 aromatic carbocycles. The first-order chi connectivity index (χ1) is 10.2. The van der Waals surface area contributed by atoms with Crippen LogP contribution in [0.25, 0.3) is 0 Å². The molecule has 0 atom stereocenters. The van der Waals surface area contributed by atoms with Gasteiger partial charge >= 0.3 is 0 Å². The zero-order chi connectivity index (χ0) is 15.2. The first kappa shape index (κ1) is 16.7. The van der Waals surface area contributed by atoms with Crippen molar-refractivity contribution in [2.75, 3.05) is 0 Å². The minimum absolute atomic E-state index is 0.360. The average Bonchev–Trinajstić information content (AvgIpc) is 2.82. The molecule has 0 amide bonds. The Morgan fingerprint density at radius 3 is 2.62 bits per heavy atom. The van der Waals surface area contributed by atoms with E-state index in [1.165, 1.54) is 32.1 Å². The maximum Gasteiger partial charge on any atom is 0.138 e. The van der Waals surface area contributed by atoms with Crippen molar-refractivity contribution in [3.05, 3.63) is 15.9 Å². The molecule has 0 radical (unpaired) electrons. The largest absolute Gasteiger partial charge is 0.299 e. The Labute approximate surface area is 136 Å². The van der Waals surface area contributed by atoms with E-state index in [0.29, 0.717) is 12.2 Å². The van der Waals surface area contributed by atoms with Crippen LogP contribution in [-0.4, -0.2) is 15.6 Å². The van der Waals surface area contributed by atoms with Gasteiger partial charge in [0.05, 0.1) is 15.9 Å². The van der Waals surface area contributed by atoms with Crippen molar-refractivity contribution in [3.63, 3.8) is 0 Å². The first-order valence-corrected chi connectivity index (χ1v) is 9.20.